The number of morpholine rings is 1. The third-order valence-electron chi connectivity index (χ3n) is 5.72. The number of rotatable bonds is 7. The van der Waals surface area contributed by atoms with E-state index in [2.05, 4.69) is 10.2 Å². The largest absolute Gasteiger partial charge is 0.455 e. The maximum atomic E-state index is 12.9. The Labute approximate surface area is 181 Å². The van der Waals surface area contributed by atoms with Crippen molar-refractivity contribution in [2.24, 2.45) is 0 Å². The molecule has 1 aliphatic heterocycles. The van der Waals surface area contributed by atoms with Crippen LogP contribution in [0.4, 0.5) is 0 Å². The minimum atomic E-state index is -0.219. The van der Waals surface area contributed by atoms with Crippen LogP contribution in [-0.2, 0) is 4.74 Å². The van der Waals surface area contributed by atoms with Gasteiger partial charge < -0.3 is 14.5 Å². The number of para-hydroxylation sites is 1. The molecule has 0 radical (unpaired) electrons. The number of nitrogens with zero attached hydrogens (tertiary/aromatic N) is 1. The Hall–Kier alpha value is -2.96. The fraction of sp³-hybridized carbons (Fsp3) is 0.360. The lowest BCUT2D eigenvalue weighted by Gasteiger charge is -2.26. The summed E-state index contributed by atoms with van der Waals surface area (Å²) in [5.41, 5.74) is 1.97. The van der Waals surface area contributed by atoms with Crippen LogP contribution in [0.2, 0.25) is 0 Å². The summed E-state index contributed by atoms with van der Waals surface area (Å²) in [5.74, 6) is 0.284. The van der Waals surface area contributed by atoms with Gasteiger partial charge in [-0.3, -0.25) is 14.5 Å². The van der Waals surface area contributed by atoms with Gasteiger partial charge in [0, 0.05) is 30.8 Å². The van der Waals surface area contributed by atoms with Crippen molar-refractivity contribution in [3.63, 3.8) is 0 Å². The molecule has 2 heterocycles. The maximum absolute atomic E-state index is 12.9. The van der Waals surface area contributed by atoms with Crippen LogP contribution < -0.4 is 10.7 Å². The average molecular weight is 421 g/mol. The first kappa shape index (κ1) is 21.3. The average Bonchev–Trinajstić information content (AvgIpc) is 2.82. The predicted octanol–water partition coefficient (Wildman–Crippen LogP) is 3.61. The molecule has 6 heteroatoms. The van der Waals surface area contributed by atoms with Gasteiger partial charge in [-0.05, 0) is 38.4 Å². The second kappa shape index (κ2) is 9.90. The quantitative estimate of drug-likeness (QED) is 0.591. The highest BCUT2D eigenvalue weighted by molar-refractivity contribution is 6.05. The van der Waals surface area contributed by atoms with Crippen LogP contribution in [0.5, 0.6) is 0 Å². The van der Waals surface area contributed by atoms with Gasteiger partial charge in [0.05, 0.1) is 24.2 Å². The zero-order valence-corrected chi connectivity index (χ0v) is 17.9. The van der Waals surface area contributed by atoms with Gasteiger partial charge in [0.2, 0.25) is 0 Å². The molecular formula is C25H28N2O4. The number of unbranched alkanes of at least 4 members (excludes halogenated alkanes) is 1. The normalized spacial score (nSPS) is 14.6. The summed E-state index contributed by atoms with van der Waals surface area (Å²) in [6.07, 6.45) is 1.91. The molecule has 31 heavy (non-hydrogen) atoms. The van der Waals surface area contributed by atoms with Crippen LogP contribution in [0, 0.1) is 6.92 Å². The highest BCUT2D eigenvalue weighted by Gasteiger charge is 2.18. The van der Waals surface area contributed by atoms with E-state index in [1.165, 1.54) is 0 Å². The van der Waals surface area contributed by atoms with Crippen molar-refractivity contribution >= 4 is 16.9 Å². The van der Waals surface area contributed by atoms with Crippen molar-refractivity contribution in [1.29, 1.82) is 0 Å². The van der Waals surface area contributed by atoms with E-state index in [-0.39, 0.29) is 11.3 Å². The zero-order valence-electron chi connectivity index (χ0n) is 17.9. The first-order valence-corrected chi connectivity index (χ1v) is 10.9. The zero-order chi connectivity index (χ0) is 21.6. The van der Waals surface area contributed by atoms with E-state index in [1.807, 2.05) is 30.3 Å². The highest BCUT2D eigenvalue weighted by atomic mass is 16.5. The number of benzene rings is 2. The van der Waals surface area contributed by atoms with Gasteiger partial charge >= 0.3 is 0 Å². The first-order valence-electron chi connectivity index (χ1n) is 10.9. The second-order valence-corrected chi connectivity index (χ2v) is 7.85. The van der Waals surface area contributed by atoms with Gasteiger partial charge in [-0.15, -0.1) is 0 Å². The minimum absolute atomic E-state index is 0.111. The summed E-state index contributed by atoms with van der Waals surface area (Å²) < 4.78 is 11.5. The van der Waals surface area contributed by atoms with Crippen molar-refractivity contribution in [3.8, 4) is 11.3 Å². The van der Waals surface area contributed by atoms with Gasteiger partial charge in [-0.2, -0.15) is 0 Å². The van der Waals surface area contributed by atoms with Crippen molar-refractivity contribution in [2.45, 2.75) is 19.8 Å². The van der Waals surface area contributed by atoms with Crippen LogP contribution in [0.25, 0.3) is 22.3 Å². The number of fused-ring (bicyclic) bond motifs is 1. The molecule has 4 rings (SSSR count). The SMILES string of the molecule is Cc1c(-c2ccccc2)oc2c(C(=O)NCCCCN3CCOCC3)cccc2c1=O. The van der Waals surface area contributed by atoms with Crippen LogP contribution >= 0.6 is 0 Å². The number of amides is 1. The van der Waals surface area contributed by atoms with Crippen LogP contribution in [0.15, 0.2) is 57.7 Å². The molecule has 0 unspecified atom stereocenters. The molecule has 1 N–H and O–H groups in total. The number of hydrogen-bond acceptors (Lipinski definition) is 5. The third kappa shape index (κ3) is 4.86. The van der Waals surface area contributed by atoms with Crippen molar-refractivity contribution < 1.29 is 13.9 Å². The van der Waals surface area contributed by atoms with E-state index in [0.717, 1.165) is 51.3 Å². The molecule has 0 spiro atoms. The molecule has 1 aliphatic rings. The van der Waals surface area contributed by atoms with Crippen LogP contribution in [0.3, 0.4) is 0 Å². The number of ether oxygens (including phenoxy) is 1. The van der Waals surface area contributed by atoms with Gasteiger partial charge in [-0.25, -0.2) is 0 Å². The van der Waals surface area contributed by atoms with E-state index in [1.54, 1.807) is 25.1 Å². The van der Waals surface area contributed by atoms with Gasteiger partial charge in [0.15, 0.2) is 11.0 Å². The Kier molecular flexibility index (Phi) is 6.79. The number of carbonyl (C=O) groups excluding carboxylic acids is 1. The molecule has 162 valence electrons. The fourth-order valence-electron chi connectivity index (χ4n) is 3.94. The molecule has 0 saturated carbocycles. The summed E-state index contributed by atoms with van der Waals surface area (Å²) in [6.45, 7) is 6.91. The lowest BCUT2D eigenvalue weighted by molar-refractivity contribution is 0.0372. The van der Waals surface area contributed by atoms with E-state index >= 15 is 0 Å². The van der Waals surface area contributed by atoms with E-state index in [9.17, 15) is 9.59 Å². The monoisotopic (exact) mass is 420 g/mol. The Morgan fingerprint density at radius 2 is 1.81 bits per heavy atom. The van der Waals surface area contributed by atoms with Crippen molar-refractivity contribution in [3.05, 3.63) is 69.9 Å². The number of nitrogens with one attached hydrogen (secondary N) is 1. The molecule has 3 aromatic rings. The molecule has 1 amide bonds. The van der Waals surface area contributed by atoms with Crippen molar-refractivity contribution in [2.75, 3.05) is 39.4 Å². The Balaban J connectivity index is 1.48. The third-order valence-corrected chi connectivity index (χ3v) is 5.72. The molecule has 1 fully saturated rings. The summed E-state index contributed by atoms with van der Waals surface area (Å²) in [6, 6.07) is 14.6. The van der Waals surface area contributed by atoms with Gasteiger partial charge in [0.1, 0.15) is 5.76 Å². The molecule has 6 nitrogen and oxygen atoms in total. The number of carbonyl (C=O) groups is 1. The topological polar surface area (TPSA) is 71.8 Å². The Bertz CT molecular complexity index is 1100. The van der Waals surface area contributed by atoms with Crippen LogP contribution in [0.1, 0.15) is 28.8 Å². The smallest absolute Gasteiger partial charge is 0.255 e. The van der Waals surface area contributed by atoms with Gasteiger partial charge in [-0.1, -0.05) is 36.4 Å². The number of hydrogen-bond donors (Lipinski definition) is 1. The Morgan fingerprint density at radius 3 is 2.58 bits per heavy atom. The lowest BCUT2D eigenvalue weighted by Crippen LogP contribution is -2.37. The minimum Gasteiger partial charge on any atom is -0.455 e. The molecule has 1 saturated heterocycles. The second-order valence-electron chi connectivity index (χ2n) is 7.85. The molecule has 1 aromatic heterocycles. The molecule has 0 bridgehead atoms. The first-order chi connectivity index (χ1) is 15.1. The maximum Gasteiger partial charge on any atom is 0.255 e. The van der Waals surface area contributed by atoms with E-state index in [4.69, 9.17) is 9.15 Å². The highest BCUT2D eigenvalue weighted by Crippen LogP contribution is 2.27. The Morgan fingerprint density at radius 1 is 1.03 bits per heavy atom. The fourth-order valence-corrected chi connectivity index (χ4v) is 3.94. The lowest BCUT2D eigenvalue weighted by atomic mass is 10.0. The molecular weight excluding hydrogens is 392 g/mol. The van der Waals surface area contributed by atoms with E-state index in [0.29, 0.717) is 34.4 Å². The molecule has 0 atom stereocenters. The van der Waals surface area contributed by atoms with Crippen LogP contribution in [-0.4, -0.2) is 50.2 Å². The summed E-state index contributed by atoms with van der Waals surface area (Å²) in [7, 11) is 0. The van der Waals surface area contributed by atoms with Gasteiger partial charge in [0.25, 0.3) is 5.91 Å². The molecule has 2 aromatic carbocycles. The predicted molar refractivity (Wildman–Crippen MR) is 121 cm³/mol. The molecule has 0 aliphatic carbocycles. The summed E-state index contributed by atoms with van der Waals surface area (Å²) in [4.78, 5) is 28.2. The van der Waals surface area contributed by atoms with Crippen molar-refractivity contribution in [1.82, 2.24) is 10.2 Å². The summed E-state index contributed by atoms with van der Waals surface area (Å²) in [5, 5.41) is 3.41. The standard InChI is InChI=1S/C25H28N2O4/c1-18-22(28)20-10-7-11-21(24(20)31-23(18)19-8-3-2-4-9-19)25(29)26-12-5-6-13-27-14-16-30-17-15-27/h2-4,7-11H,5-6,12-17H2,1H3,(H,26,29). The van der Waals surface area contributed by atoms with E-state index < -0.39 is 0 Å². The summed E-state index contributed by atoms with van der Waals surface area (Å²) >= 11 is 0.